The van der Waals surface area contributed by atoms with Crippen molar-refractivity contribution in [3.05, 3.63) is 59.1 Å². The lowest BCUT2D eigenvalue weighted by atomic mass is 9.96. The van der Waals surface area contributed by atoms with Gasteiger partial charge in [0.05, 0.1) is 10.8 Å². The van der Waals surface area contributed by atoms with E-state index in [0.717, 1.165) is 25.7 Å². The Labute approximate surface area is 229 Å². The molecule has 2 amide bonds. The van der Waals surface area contributed by atoms with Crippen LogP contribution in [0.5, 0.6) is 0 Å². The summed E-state index contributed by atoms with van der Waals surface area (Å²) in [5, 5.41) is 10.5. The standard InChI is InChI=1S/C23H28ClN3O4S.C2HF3O2/c1-2-3-14-25-22(28)18-5-4-15-27(16-18)23(29)17-6-10-20(11-7-17)26-32(30,31)21-12-8-19(24)9-13-21;3-2(4,5)1(6)7/h6-13,18,26H,2-5,14-16H2,1H3,(H,25,28);(H,6,7). The number of alkyl halides is 3. The van der Waals surface area contributed by atoms with Gasteiger partial charge in [0.1, 0.15) is 0 Å². The van der Waals surface area contributed by atoms with E-state index >= 15 is 0 Å². The van der Waals surface area contributed by atoms with E-state index in [1.165, 1.54) is 24.3 Å². The number of unbranched alkanes of at least 4 members (excludes halogenated alkanes) is 1. The first-order valence-electron chi connectivity index (χ1n) is 12.0. The number of hydrogen-bond acceptors (Lipinski definition) is 5. The van der Waals surface area contributed by atoms with Crippen LogP contribution in [0.3, 0.4) is 0 Å². The van der Waals surface area contributed by atoms with Crippen LogP contribution >= 0.6 is 11.6 Å². The zero-order chi connectivity index (χ0) is 29.2. The lowest BCUT2D eigenvalue weighted by Gasteiger charge is -2.32. The van der Waals surface area contributed by atoms with Crippen molar-refractivity contribution in [3.63, 3.8) is 0 Å². The van der Waals surface area contributed by atoms with Crippen molar-refractivity contribution in [1.29, 1.82) is 0 Å². The second-order valence-electron chi connectivity index (χ2n) is 8.67. The lowest BCUT2D eigenvalue weighted by Crippen LogP contribution is -2.45. The minimum atomic E-state index is -5.08. The number of nitrogens with one attached hydrogen (secondary N) is 2. The molecule has 0 bridgehead atoms. The van der Waals surface area contributed by atoms with E-state index in [0.29, 0.717) is 35.9 Å². The summed E-state index contributed by atoms with van der Waals surface area (Å²) in [6, 6.07) is 12.2. The van der Waals surface area contributed by atoms with Crippen molar-refractivity contribution in [2.75, 3.05) is 24.4 Å². The van der Waals surface area contributed by atoms with Gasteiger partial charge in [0.25, 0.3) is 15.9 Å². The number of halogens is 4. The van der Waals surface area contributed by atoms with Crippen LogP contribution in [0.4, 0.5) is 18.9 Å². The summed E-state index contributed by atoms with van der Waals surface area (Å²) in [5.41, 5.74) is 0.801. The van der Waals surface area contributed by atoms with Gasteiger partial charge in [0, 0.05) is 35.9 Å². The molecule has 0 saturated carbocycles. The van der Waals surface area contributed by atoms with E-state index in [9.17, 15) is 31.2 Å². The van der Waals surface area contributed by atoms with Gasteiger partial charge in [-0.15, -0.1) is 0 Å². The van der Waals surface area contributed by atoms with Crippen LogP contribution in [0, 0.1) is 5.92 Å². The number of rotatable bonds is 8. The number of amides is 2. The quantitative estimate of drug-likeness (QED) is 0.386. The Balaban J connectivity index is 0.000000673. The molecule has 3 N–H and O–H groups in total. The molecule has 9 nitrogen and oxygen atoms in total. The molecule has 2 aromatic carbocycles. The predicted octanol–water partition coefficient (Wildman–Crippen LogP) is 4.54. The molecule has 0 spiro atoms. The molecule has 1 saturated heterocycles. The topological polar surface area (TPSA) is 133 Å². The summed E-state index contributed by atoms with van der Waals surface area (Å²) in [6.07, 6.45) is -1.58. The number of carbonyl (C=O) groups excluding carboxylic acids is 2. The molecule has 39 heavy (non-hydrogen) atoms. The fraction of sp³-hybridized carbons (Fsp3) is 0.400. The molecule has 0 radical (unpaired) electrons. The normalized spacial score (nSPS) is 15.5. The number of sulfonamides is 1. The highest BCUT2D eigenvalue weighted by atomic mass is 35.5. The summed E-state index contributed by atoms with van der Waals surface area (Å²) < 4.78 is 59.2. The molecule has 14 heteroatoms. The first-order valence-corrected chi connectivity index (χ1v) is 13.9. The molecule has 1 aliphatic rings. The molecule has 0 aromatic heterocycles. The number of likely N-dealkylation sites (tertiary alicyclic amines) is 1. The minimum absolute atomic E-state index is 0.00269. The Morgan fingerprint density at radius 2 is 1.67 bits per heavy atom. The fourth-order valence-electron chi connectivity index (χ4n) is 3.60. The van der Waals surface area contributed by atoms with Gasteiger partial charge in [-0.3, -0.25) is 14.3 Å². The first-order chi connectivity index (χ1) is 18.2. The Kier molecular flexibility index (Phi) is 11.6. The molecule has 214 valence electrons. The number of carbonyl (C=O) groups is 3. The summed E-state index contributed by atoms with van der Waals surface area (Å²) in [7, 11) is -3.76. The van der Waals surface area contributed by atoms with E-state index in [4.69, 9.17) is 21.5 Å². The van der Waals surface area contributed by atoms with E-state index in [1.54, 1.807) is 29.2 Å². The first kappa shape index (κ1) is 31.9. The van der Waals surface area contributed by atoms with Crippen LogP contribution in [0.2, 0.25) is 5.02 Å². The van der Waals surface area contributed by atoms with Crippen LogP contribution in [-0.4, -0.2) is 62.0 Å². The van der Waals surface area contributed by atoms with Gasteiger partial charge in [0.2, 0.25) is 5.91 Å². The summed E-state index contributed by atoms with van der Waals surface area (Å²) >= 11 is 5.81. The van der Waals surface area contributed by atoms with Crippen molar-refractivity contribution in [2.24, 2.45) is 5.92 Å². The van der Waals surface area contributed by atoms with Gasteiger partial charge in [-0.25, -0.2) is 13.2 Å². The SMILES string of the molecule is CCCCNC(=O)C1CCCN(C(=O)c2ccc(NS(=O)(=O)c3ccc(Cl)cc3)cc2)C1.O=C(O)C(F)(F)F. The summed E-state index contributed by atoms with van der Waals surface area (Å²) in [4.78, 5) is 36.0. The zero-order valence-corrected chi connectivity index (χ0v) is 22.6. The van der Waals surface area contributed by atoms with Crippen molar-refractivity contribution >= 4 is 45.1 Å². The predicted molar refractivity (Wildman–Crippen MR) is 139 cm³/mol. The third-order valence-electron chi connectivity index (χ3n) is 5.66. The molecule has 1 fully saturated rings. The highest BCUT2D eigenvalue weighted by molar-refractivity contribution is 7.92. The molecule has 1 aliphatic heterocycles. The number of carboxylic acid groups (broad SMARTS) is 1. The van der Waals surface area contributed by atoms with Gasteiger partial charge in [-0.2, -0.15) is 13.2 Å². The maximum atomic E-state index is 12.9. The highest BCUT2D eigenvalue weighted by Gasteiger charge is 2.38. The zero-order valence-electron chi connectivity index (χ0n) is 21.0. The van der Waals surface area contributed by atoms with Crippen molar-refractivity contribution in [3.8, 4) is 0 Å². The summed E-state index contributed by atoms with van der Waals surface area (Å²) in [6.45, 7) is 3.72. The van der Waals surface area contributed by atoms with E-state index in [-0.39, 0.29) is 22.6 Å². The highest BCUT2D eigenvalue weighted by Crippen LogP contribution is 2.22. The number of nitrogens with zero attached hydrogens (tertiary/aromatic N) is 1. The Morgan fingerprint density at radius 3 is 2.21 bits per heavy atom. The Hall–Kier alpha value is -3.32. The number of anilines is 1. The maximum Gasteiger partial charge on any atom is 0.490 e. The average Bonchev–Trinajstić information content (AvgIpc) is 2.89. The molecule has 1 atom stereocenters. The monoisotopic (exact) mass is 591 g/mol. The number of piperidine rings is 1. The molecular formula is C25H29ClF3N3O6S. The van der Waals surface area contributed by atoms with Gasteiger partial charge in [0.15, 0.2) is 0 Å². The number of carboxylic acids is 1. The van der Waals surface area contributed by atoms with Crippen LogP contribution in [-0.2, 0) is 19.6 Å². The van der Waals surface area contributed by atoms with Crippen molar-refractivity contribution in [2.45, 2.75) is 43.7 Å². The fourth-order valence-corrected chi connectivity index (χ4v) is 4.78. The van der Waals surface area contributed by atoms with E-state index in [2.05, 4.69) is 17.0 Å². The third kappa shape index (κ3) is 10.1. The van der Waals surface area contributed by atoms with E-state index < -0.39 is 22.2 Å². The number of hydrogen-bond donors (Lipinski definition) is 3. The van der Waals surface area contributed by atoms with E-state index in [1.807, 2.05) is 0 Å². The number of aliphatic carboxylic acids is 1. The van der Waals surface area contributed by atoms with Crippen molar-refractivity contribution in [1.82, 2.24) is 10.2 Å². The second kappa shape index (κ2) is 14.2. The Morgan fingerprint density at radius 1 is 1.08 bits per heavy atom. The molecule has 3 rings (SSSR count). The third-order valence-corrected chi connectivity index (χ3v) is 7.31. The van der Waals surface area contributed by atoms with Crippen molar-refractivity contribution < 1.29 is 41.1 Å². The smallest absolute Gasteiger partial charge is 0.475 e. The van der Waals surface area contributed by atoms with Crippen LogP contribution in [0.1, 0.15) is 43.0 Å². The van der Waals surface area contributed by atoms with Gasteiger partial charge in [-0.05, 0) is 67.8 Å². The average molecular weight is 592 g/mol. The minimum Gasteiger partial charge on any atom is -0.475 e. The lowest BCUT2D eigenvalue weighted by molar-refractivity contribution is -0.192. The number of benzene rings is 2. The molecule has 1 unspecified atom stereocenters. The Bertz CT molecular complexity index is 1240. The maximum absolute atomic E-state index is 12.9. The molecule has 1 heterocycles. The second-order valence-corrected chi connectivity index (χ2v) is 10.8. The molecular weight excluding hydrogens is 563 g/mol. The molecule has 0 aliphatic carbocycles. The van der Waals surface area contributed by atoms with Gasteiger partial charge < -0.3 is 15.3 Å². The summed E-state index contributed by atoms with van der Waals surface area (Å²) in [5.74, 6) is -3.12. The van der Waals surface area contributed by atoms with Crippen LogP contribution < -0.4 is 10.0 Å². The molecule has 2 aromatic rings. The van der Waals surface area contributed by atoms with Crippen LogP contribution in [0.15, 0.2) is 53.4 Å². The van der Waals surface area contributed by atoms with Crippen LogP contribution in [0.25, 0.3) is 0 Å². The largest absolute Gasteiger partial charge is 0.490 e. The van der Waals surface area contributed by atoms with Gasteiger partial charge in [-0.1, -0.05) is 24.9 Å². The van der Waals surface area contributed by atoms with Gasteiger partial charge >= 0.3 is 12.1 Å².